The van der Waals surface area contributed by atoms with Gasteiger partial charge in [-0.1, -0.05) is 6.07 Å². The minimum atomic E-state index is -0.416. The molecule has 4 rings (SSSR count). The van der Waals surface area contributed by atoms with Crippen LogP contribution in [0.4, 0.5) is 15.9 Å². The Balaban J connectivity index is 1.37. The molecule has 0 saturated carbocycles. The summed E-state index contributed by atoms with van der Waals surface area (Å²) < 4.78 is 18.5. The molecule has 154 valence electrons. The zero-order valence-corrected chi connectivity index (χ0v) is 16.3. The lowest BCUT2D eigenvalue weighted by atomic mass is 10.2. The van der Waals surface area contributed by atoms with Crippen LogP contribution in [-0.2, 0) is 0 Å². The predicted molar refractivity (Wildman–Crippen MR) is 110 cm³/mol. The molecule has 1 aliphatic heterocycles. The summed E-state index contributed by atoms with van der Waals surface area (Å²) in [7, 11) is 0. The number of pyridine rings is 1. The molecule has 8 heteroatoms. The van der Waals surface area contributed by atoms with Crippen LogP contribution in [0.2, 0.25) is 0 Å². The van der Waals surface area contributed by atoms with Gasteiger partial charge < -0.3 is 19.5 Å². The lowest BCUT2D eigenvalue weighted by molar-refractivity contribution is 0.0766. The molecule has 3 aromatic rings. The molecule has 2 amide bonds. The second-order valence-electron chi connectivity index (χ2n) is 6.98. The van der Waals surface area contributed by atoms with Crippen molar-refractivity contribution in [2.45, 2.75) is 6.42 Å². The van der Waals surface area contributed by atoms with Gasteiger partial charge in [-0.15, -0.1) is 0 Å². The van der Waals surface area contributed by atoms with Crippen molar-refractivity contribution in [1.82, 2.24) is 9.88 Å². The smallest absolute Gasteiger partial charge is 0.291 e. The summed E-state index contributed by atoms with van der Waals surface area (Å²) in [5.74, 6) is 0.0811. The highest BCUT2D eigenvalue weighted by Crippen LogP contribution is 2.18. The number of halogens is 1. The van der Waals surface area contributed by atoms with Gasteiger partial charge >= 0.3 is 0 Å². The Morgan fingerprint density at radius 1 is 1.03 bits per heavy atom. The maximum absolute atomic E-state index is 13.4. The van der Waals surface area contributed by atoms with E-state index in [1.807, 2.05) is 6.07 Å². The van der Waals surface area contributed by atoms with Gasteiger partial charge in [0.25, 0.3) is 11.8 Å². The van der Waals surface area contributed by atoms with E-state index in [0.717, 1.165) is 18.8 Å². The molecule has 0 atom stereocenters. The van der Waals surface area contributed by atoms with Crippen molar-refractivity contribution in [2.75, 3.05) is 36.4 Å². The molecular formula is C22H21FN4O3. The maximum Gasteiger partial charge on any atom is 0.291 e. The van der Waals surface area contributed by atoms with E-state index in [9.17, 15) is 14.0 Å². The fourth-order valence-corrected chi connectivity index (χ4v) is 3.40. The van der Waals surface area contributed by atoms with Crippen LogP contribution in [0.5, 0.6) is 0 Å². The highest BCUT2D eigenvalue weighted by atomic mass is 19.1. The first-order chi connectivity index (χ1) is 14.6. The topological polar surface area (TPSA) is 78.7 Å². The molecule has 0 radical (unpaired) electrons. The molecule has 1 aromatic carbocycles. The molecule has 0 aliphatic carbocycles. The zero-order chi connectivity index (χ0) is 20.9. The van der Waals surface area contributed by atoms with E-state index < -0.39 is 5.82 Å². The number of nitrogens with one attached hydrogen (secondary N) is 1. The van der Waals surface area contributed by atoms with Crippen molar-refractivity contribution in [2.24, 2.45) is 0 Å². The monoisotopic (exact) mass is 408 g/mol. The second kappa shape index (κ2) is 8.77. The average molecular weight is 408 g/mol. The SMILES string of the molecule is O=C(Nc1ccc(N2CCCN(C(=O)c3cccc(F)c3)CC2)nc1)c1ccco1. The minimum Gasteiger partial charge on any atom is -0.459 e. The first-order valence-electron chi connectivity index (χ1n) is 9.71. The van der Waals surface area contributed by atoms with Crippen molar-refractivity contribution in [3.63, 3.8) is 0 Å². The number of hydrogen-bond donors (Lipinski definition) is 1. The quantitative estimate of drug-likeness (QED) is 0.716. The van der Waals surface area contributed by atoms with Gasteiger partial charge in [0.2, 0.25) is 0 Å². The lowest BCUT2D eigenvalue weighted by Gasteiger charge is -2.23. The summed E-state index contributed by atoms with van der Waals surface area (Å²) in [6.45, 7) is 2.49. The number of anilines is 2. The van der Waals surface area contributed by atoms with Gasteiger partial charge in [-0.05, 0) is 48.9 Å². The summed E-state index contributed by atoms with van der Waals surface area (Å²) in [5, 5.41) is 2.73. The Hall–Kier alpha value is -3.68. The van der Waals surface area contributed by atoms with E-state index in [1.54, 1.807) is 41.4 Å². The van der Waals surface area contributed by atoms with Crippen molar-refractivity contribution in [3.05, 3.63) is 78.1 Å². The van der Waals surface area contributed by atoms with Crippen LogP contribution < -0.4 is 10.2 Å². The largest absolute Gasteiger partial charge is 0.459 e. The van der Waals surface area contributed by atoms with Crippen molar-refractivity contribution in [1.29, 1.82) is 0 Å². The van der Waals surface area contributed by atoms with Crippen LogP contribution in [0, 0.1) is 5.82 Å². The lowest BCUT2D eigenvalue weighted by Crippen LogP contribution is -2.35. The van der Waals surface area contributed by atoms with Crippen LogP contribution in [0.15, 0.2) is 65.4 Å². The van der Waals surface area contributed by atoms with Crippen LogP contribution >= 0.6 is 0 Å². The molecule has 1 saturated heterocycles. The highest BCUT2D eigenvalue weighted by Gasteiger charge is 2.21. The summed E-state index contributed by atoms with van der Waals surface area (Å²) in [5.41, 5.74) is 0.927. The summed E-state index contributed by atoms with van der Waals surface area (Å²) in [4.78, 5) is 33.0. The van der Waals surface area contributed by atoms with Crippen LogP contribution in [0.1, 0.15) is 27.3 Å². The van der Waals surface area contributed by atoms with Crippen molar-refractivity contribution < 1.29 is 18.4 Å². The van der Waals surface area contributed by atoms with Gasteiger partial charge in [0.1, 0.15) is 11.6 Å². The summed E-state index contributed by atoms with van der Waals surface area (Å²) in [6.07, 6.45) is 3.81. The highest BCUT2D eigenvalue weighted by molar-refractivity contribution is 6.02. The van der Waals surface area contributed by atoms with Gasteiger partial charge in [0, 0.05) is 31.7 Å². The van der Waals surface area contributed by atoms with E-state index in [-0.39, 0.29) is 17.6 Å². The fourth-order valence-electron chi connectivity index (χ4n) is 3.40. The second-order valence-corrected chi connectivity index (χ2v) is 6.98. The fraction of sp³-hybridized carbons (Fsp3) is 0.227. The van der Waals surface area contributed by atoms with Crippen LogP contribution in [0.25, 0.3) is 0 Å². The number of furan rings is 1. The molecular weight excluding hydrogens is 387 g/mol. The number of nitrogens with zero attached hydrogens (tertiary/aromatic N) is 3. The molecule has 0 spiro atoms. The number of amides is 2. The Labute approximate surface area is 173 Å². The first-order valence-corrected chi connectivity index (χ1v) is 9.71. The molecule has 1 fully saturated rings. The van der Waals surface area contributed by atoms with Crippen LogP contribution in [-0.4, -0.2) is 47.9 Å². The predicted octanol–water partition coefficient (Wildman–Crippen LogP) is 3.42. The summed E-state index contributed by atoms with van der Waals surface area (Å²) in [6, 6.07) is 12.6. The standard InChI is InChI=1S/C22H21FN4O3/c23-17-5-1-4-16(14-17)22(29)27-10-3-9-26(11-12-27)20-8-7-18(15-24-20)25-21(28)19-6-2-13-30-19/h1-2,4-8,13-15H,3,9-12H2,(H,25,28). The number of aromatic nitrogens is 1. The van der Waals surface area contributed by atoms with Gasteiger partial charge in [-0.3, -0.25) is 9.59 Å². The maximum atomic E-state index is 13.4. The molecule has 7 nitrogen and oxygen atoms in total. The van der Waals surface area contributed by atoms with E-state index in [1.165, 1.54) is 18.4 Å². The zero-order valence-electron chi connectivity index (χ0n) is 16.3. The van der Waals surface area contributed by atoms with E-state index in [4.69, 9.17) is 4.42 Å². The third-order valence-corrected chi connectivity index (χ3v) is 4.93. The van der Waals surface area contributed by atoms with Gasteiger partial charge in [0.05, 0.1) is 18.1 Å². The van der Waals surface area contributed by atoms with E-state index >= 15 is 0 Å². The Morgan fingerprint density at radius 2 is 1.93 bits per heavy atom. The molecule has 30 heavy (non-hydrogen) atoms. The Kier molecular flexibility index (Phi) is 5.74. The molecule has 0 bridgehead atoms. The van der Waals surface area contributed by atoms with Gasteiger partial charge in [-0.25, -0.2) is 9.37 Å². The van der Waals surface area contributed by atoms with Crippen LogP contribution in [0.3, 0.4) is 0 Å². The third kappa shape index (κ3) is 4.48. The molecule has 3 heterocycles. The number of carbonyl (C=O) groups excluding carboxylic acids is 2. The van der Waals surface area contributed by atoms with Crippen molar-refractivity contribution >= 4 is 23.3 Å². The minimum absolute atomic E-state index is 0.166. The molecule has 2 aromatic heterocycles. The average Bonchev–Trinajstić information content (AvgIpc) is 3.19. The normalized spacial score (nSPS) is 14.3. The van der Waals surface area contributed by atoms with Gasteiger partial charge in [-0.2, -0.15) is 0 Å². The third-order valence-electron chi connectivity index (χ3n) is 4.93. The Morgan fingerprint density at radius 3 is 2.67 bits per heavy atom. The Bertz CT molecular complexity index is 1020. The van der Waals surface area contributed by atoms with Gasteiger partial charge in [0.15, 0.2) is 5.76 Å². The number of benzene rings is 1. The van der Waals surface area contributed by atoms with E-state index in [0.29, 0.717) is 30.9 Å². The molecule has 0 unspecified atom stereocenters. The first kappa shape index (κ1) is 19.6. The molecule has 1 aliphatic rings. The van der Waals surface area contributed by atoms with Crippen molar-refractivity contribution in [3.8, 4) is 0 Å². The number of hydrogen-bond acceptors (Lipinski definition) is 5. The molecule has 1 N–H and O–H groups in total. The van der Waals surface area contributed by atoms with E-state index in [2.05, 4.69) is 15.2 Å². The summed E-state index contributed by atoms with van der Waals surface area (Å²) >= 11 is 0. The number of rotatable bonds is 4. The number of carbonyl (C=O) groups is 2.